The number of hydrogen-bond donors (Lipinski definition) is 5. The fourth-order valence-corrected chi connectivity index (χ4v) is 4.63. The number of aliphatic hydroxyl groups is 1. The van der Waals surface area contributed by atoms with Crippen LogP contribution in [0.4, 0.5) is 11.8 Å². The molecule has 2 heterocycles. The van der Waals surface area contributed by atoms with Crippen molar-refractivity contribution in [2.75, 3.05) is 31.2 Å². The number of fused-ring (bicyclic) bond motifs is 3. The molecular formula is C27H35N7O2. The maximum absolute atomic E-state index is 11.5. The van der Waals surface area contributed by atoms with Gasteiger partial charge in [-0.3, -0.25) is 4.79 Å². The third-order valence-corrected chi connectivity index (χ3v) is 6.30. The van der Waals surface area contributed by atoms with Crippen molar-refractivity contribution in [1.29, 1.82) is 0 Å². The van der Waals surface area contributed by atoms with Crippen LogP contribution in [0.1, 0.15) is 37.3 Å². The molecule has 9 heteroatoms. The van der Waals surface area contributed by atoms with E-state index in [0.717, 1.165) is 45.9 Å². The molecule has 6 N–H and O–H groups in total. The third kappa shape index (κ3) is 5.75. The van der Waals surface area contributed by atoms with E-state index in [-0.39, 0.29) is 31.0 Å². The zero-order valence-electron chi connectivity index (χ0n) is 20.9. The molecule has 0 saturated heterocycles. The molecule has 1 atom stereocenters. The van der Waals surface area contributed by atoms with E-state index in [1.54, 1.807) is 7.05 Å². The smallest absolute Gasteiger partial charge is 0.233 e. The molecule has 4 aromatic rings. The molecule has 190 valence electrons. The van der Waals surface area contributed by atoms with Crippen molar-refractivity contribution < 1.29 is 9.90 Å². The van der Waals surface area contributed by atoms with Gasteiger partial charge in [0.25, 0.3) is 0 Å². The van der Waals surface area contributed by atoms with Crippen LogP contribution in [0.5, 0.6) is 0 Å². The summed E-state index contributed by atoms with van der Waals surface area (Å²) in [4.78, 5) is 20.7. The minimum atomic E-state index is -0.0432. The first-order chi connectivity index (χ1) is 17.5. The van der Waals surface area contributed by atoms with Crippen LogP contribution in [0.15, 0.2) is 48.5 Å². The number of likely N-dealkylation sites (N-methyl/N-ethyl adjacent to an activating group) is 1. The van der Waals surface area contributed by atoms with Gasteiger partial charge in [0.15, 0.2) is 5.82 Å². The maximum Gasteiger partial charge on any atom is 0.233 e. The Morgan fingerprint density at radius 3 is 2.69 bits per heavy atom. The van der Waals surface area contributed by atoms with E-state index in [9.17, 15) is 9.90 Å². The Bertz CT molecular complexity index is 1330. The molecule has 0 aliphatic heterocycles. The van der Waals surface area contributed by atoms with Gasteiger partial charge < -0.3 is 31.4 Å². The van der Waals surface area contributed by atoms with Gasteiger partial charge in [0.1, 0.15) is 11.0 Å². The molecule has 0 aliphatic rings. The molecule has 0 radical (unpaired) electrons. The summed E-state index contributed by atoms with van der Waals surface area (Å²) in [6.45, 7) is 3.72. The van der Waals surface area contributed by atoms with Gasteiger partial charge in [-0.1, -0.05) is 55.8 Å². The first kappa shape index (κ1) is 25.4. The number of carbonyl (C=O) groups is 1. The maximum atomic E-state index is 11.5. The van der Waals surface area contributed by atoms with Crippen molar-refractivity contribution in [2.24, 2.45) is 0 Å². The Morgan fingerprint density at radius 1 is 1.11 bits per heavy atom. The number of nitrogens with two attached hydrogens (primary N) is 1. The van der Waals surface area contributed by atoms with Gasteiger partial charge >= 0.3 is 0 Å². The number of hydrogen-bond acceptors (Lipinski definition) is 7. The van der Waals surface area contributed by atoms with E-state index in [1.807, 2.05) is 24.3 Å². The molecule has 2 aromatic heterocycles. The second kappa shape index (κ2) is 11.8. The Labute approximate surface area is 211 Å². The molecule has 0 aliphatic carbocycles. The van der Waals surface area contributed by atoms with Crippen LogP contribution in [0.2, 0.25) is 0 Å². The molecular weight excluding hydrogens is 454 g/mol. The summed E-state index contributed by atoms with van der Waals surface area (Å²) >= 11 is 0. The molecule has 0 fully saturated rings. The number of para-hydroxylation sites is 1. The summed E-state index contributed by atoms with van der Waals surface area (Å²) in [6, 6.07) is 16.6. The number of aromatic nitrogens is 3. The van der Waals surface area contributed by atoms with Crippen molar-refractivity contribution in [3.63, 3.8) is 0 Å². The Kier molecular flexibility index (Phi) is 8.35. The first-order valence-electron chi connectivity index (χ1n) is 12.4. The van der Waals surface area contributed by atoms with E-state index >= 15 is 0 Å². The van der Waals surface area contributed by atoms with Crippen molar-refractivity contribution in [3.05, 3.63) is 59.7 Å². The second-order valence-corrected chi connectivity index (χ2v) is 8.97. The van der Waals surface area contributed by atoms with Crippen LogP contribution in [0.3, 0.4) is 0 Å². The van der Waals surface area contributed by atoms with E-state index in [0.29, 0.717) is 25.3 Å². The fourth-order valence-electron chi connectivity index (χ4n) is 4.63. The van der Waals surface area contributed by atoms with E-state index in [4.69, 9.17) is 5.73 Å². The van der Waals surface area contributed by atoms with Gasteiger partial charge in [-0.05, 0) is 30.0 Å². The summed E-state index contributed by atoms with van der Waals surface area (Å²) in [7, 11) is 1.63. The molecule has 0 spiro atoms. The van der Waals surface area contributed by atoms with Gasteiger partial charge in [-0.15, -0.1) is 0 Å². The number of aliphatic hydroxyl groups excluding tert-OH is 1. The first-order valence-corrected chi connectivity index (χ1v) is 12.4. The van der Waals surface area contributed by atoms with Crippen molar-refractivity contribution in [2.45, 2.75) is 45.3 Å². The Balaban J connectivity index is 1.74. The predicted octanol–water partition coefficient (Wildman–Crippen LogP) is 3.01. The van der Waals surface area contributed by atoms with Gasteiger partial charge in [-0.2, -0.15) is 4.98 Å². The van der Waals surface area contributed by atoms with Crippen LogP contribution in [0.25, 0.3) is 21.9 Å². The van der Waals surface area contributed by atoms with Crippen LogP contribution in [-0.2, 0) is 17.9 Å². The lowest BCUT2D eigenvalue weighted by atomic mass is 10.1. The Morgan fingerprint density at radius 2 is 1.92 bits per heavy atom. The number of rotatable bonds is 12. The van der Waals surface area contributed by atoms with Crippen molar-refractivity contribution in [3.8, 4) is 0 Å². The monoisotopic (exact) mass is 489 g/mol. The van der Waals surface area contributed by atoms with Crippen LogP contribution < -0.4 is 21.7 Å². The normalized spacial score (nSPS) is 12.2. The Hall–Kier alpha value is -3.69. The van der Waals surface area contributed by atoms with Crippen LogP contribution in [-0.4, -0.2) is 51.8 Å². The fraction of sp³-hybridized carbons (Fsp3) is 0.370. The number of nitrogens with one attached hydrogen (secondary N) is 3. The molecule has 0 bridgehead atoms. The average Bonchev–Trinajstić information content (AvgIpc) is 3.18. The summed E-state index contributed by atoms with van der Waals surface area (Å²) in [5.74, 6) is 0.860. The van der Waals surface area contributed by atoms with E-state index < -0.39 is 0 Å². The zero-order chi connectivity index (χ0) is 25.5. The topological polar surface area (TPSA) is 130 Å². The van der Waals surface area contributed by atoms with Crippen molar-refractivity contribution >= 4 is 39.6 Å². The van der Waals surface area contributed by atoms with Gasteiger partial charge in [-0.25, -0.2) is 4.98 Å². The highest BCUT2D eigenvalue weighted by Crippen LogP contribution is 2.33. The number of benzene rings is 2. The minimum absolute atomic E-state index is 0.0432. The average molecular weight is 490 g/mol. The predicted molar refractivity (Wildman–Crippen MR) is 145 cm³/mol. The highest BCUT2D eigenvalue weighted by atomic mass is 16.3. The number of nitrogen functional groups attached to an aromatic ring is 1. The largest absolute Gasteiger partial charge is 0.396 e. The van der Waals surface area contributed by atoms with Gasteiger partial charge in [0, 0.05) is 38.2 Å². The molecule has 4 rings (SSSR count). The molecule has 9 nitrogen and oxygen atoms in total. The van der Waals surface area contributed by atoms with Crippen molar-refractivity contribution in [1.82, 2.24) is 25.2 Å². The van der Waals surface area contributed by atoms with Gasteiger partial charge in [0.05, 0.1) is 12.1 Å². The van der Waals surface area contributed by atoms with E-state index in [1.165, 1.54) is 0 Å². The van der Waals surface area contributed by atoms with Gasteiger partial charge in [0.2, 0.25) is 11.9 Å². The zero-order valence-corrected chi connectivity index (χ0v) is 20.9. The molecule has 0 saturated carbocycles. The lowest BCUT2D eigenvalue weighted by molar-refractivity contribution is -0.119. The summed E-state index contributed by atoms with van der Waals surface area (Å²) in [5, 5.41) is 19.9. The number of anilines is 2. The minimum Gasteiger partial charge on any atom is -0.396 e. The van der Waals surface area contributed by atoms with E-state index in [2.05, 4.69) is 61.7 Å². The summed E-state index contributed by atoms with van der Waals surface area (Å²) < 4.78 is 2.23. The standard InChI is InChI=1S/C27H35N7O2/c1-3-7-20(12-13-35)31-26-25-24(32-27(28)33-26)21-10-4-5-11-22(21)34(25)17-19-9-6-8-18(14-19)15-30-16-23(36)29-2/h4-6,8-11,14,20,30,35H,3,7,12-13,15-17H2,1-2H3,(H,29,36)(H3,28,31,32,33)/t20-/m0/s1. The van der Waals surface area contributed by atoms with Crippen LogP contribution in [0, 0.1) is 0 Å². The summed E-state index contributed by atoms with van der Waals surface area (Å²) in [5.41, 5.74) is 11.1. The number of carbonyl (C=O) groups excluding carboxylic acids is 1. The molecule has 2 aromatic carbocycles. The number of nitrogens with zero attached hydrogens (tertiary/aromatic N) is 3. The lowest BCUT2D eigenvalue weighted by Crippen LogP contribution is -2.30. The second-order valence-electron chi connectivity index (χ2n) is 8.97. The SMILES string of the molecule is CCC[C@@H](CCO)Nc1nc(N)nc2c3ccccc3n(Cc3cccc(CNCC(=O)NC)c3)c12. The quantitative estimate of drug-likeness (QED) is 0.207. The number of amides is 1. The van der Waals surface area contributed by atoms with Crippen LogP contribution >= 0.6 is 0 Å². The third-order valence-electron chi connectivity index (χ3n) is 6.30. The molecule has 0 unspecified atom stereocenters. The highest BCUT2D eigenvalue weighted by Gasteiger charge is 2.20. The summed E-state index contributed by atoms with van der Waals surface area (Å²) in [6.07, 6.45) is 2.53. The molecule has 36 heavy (non-hydrogen) atoms. The molecule has 1 amide bonds. The highest BCUT2D eigenvalue weighted by molar-refractivity contribution is 6.09. The lowest BCUT2D eigenvalue weighted by Gasteiger charge is -2.19.